The molecular weight excluding hydrogens is 316 g/mol. The lowest BCUT2D eigenvalue weighted by Gasteiger charge is -2.15. The van der Waals surface area contributed by atoms with Crippen molar-refractivity contribution in [1.82, 2.24) is 19.9 Å². The van der Waals surface area contributed by atoms with Crippen molar-refractivity contribution in [2.45, 2.75) is 26.7 Å². The lowest BCUT2D eigenvalue weighted by molar-refractivity contribution is -0.135. The van der Waals surface area contributed by atoms with E-state index in [2.05, 4.69) is 29.2 Å². The third-order valence-electron chi connectivity index (χ3n) is 3.75. The summed E-state index contributed by atoms with van der Waals surface area (Å²) in [7, 11) is 0. The van der Waals surface area contributed by atoms with Gasteiger partial charge in [0.15, 0.2) is 5.65 Å². The third-order valence-corrected chi connectivity index (χ3v) is 3.75. The van der Waals surface area contributed by atoms with Crippen LogP contribution in [0.3, 0.4) is 0 Å². The van der Waals surface area contributed by atoms with Crippen LogP contribution >= 0.6 is 0 Å². The highest BCUT2D eigenvalue weighted by Crippen LogP contribution is 2.27. The van der Waals surface area contributed by atoms with Gasteiger partial charge in [0.1, 0.15) is 24.2 Å². The van der Waals surface area contributed by atoms with Crippen LogP contribution in [0.1, 0.15) is 37.0 Å². The number of hydrogen-bond acceptors (Lipinski definition) is 6. The minimum Gasteiger partial charge on any atom is -0.507 e. The molecule has 0 radical (unpaired) electrons. The minimum absolute atomic E-state index is 0.0948. The molecule has 0 spiro atoms. The number of nitrogens with zero attached hydrogens (tertiary/aromatic N) is 3. The smallest absolute Gasteiger partial charge is 0.322 e. The van der Waals surface area contributed by atoms with Crippen LogP contribution in [-0.2, 0) is 4.79 Å². The summed E-state index contributed by atoms with van der Waals surface area (Å²) in [6.45, 7) is 4.02. The van der Waals surface area contributed by atoms with Crippen molar-refractivity contribution in [3.05, 3.63) is 18.0 Å². The molecule has 2 heterocycles. The largest absolute Gasteiger partial charge is 0.507 e. The first-order valence-corrected chi connectivity index (χ1v) is 7.66. The summed E-state index contributed by atoms with van der Waals surface area (Å²) < 4.78 is 7.01. The summed E-state index contributed by atoms with van der Waals surface area (Å²) in [5, 5.41) is 25.0. The van der Waals surface area contributed by atoms with E-state index in [0.717, 1.165) is 12.8 Å². The molecule has 0 saturated heterocycles. The van der Waals surface area contributed by atoms with Gasteiger partial charge in [-0.3, -0.25) is 9.59 Å². The van der Waals surface area contributed by atoms with E-state index >= 15 is 0 Å². The Labute approximate surface area is 138 Å². The first-order valence-electron chi connectivity index (χ1n) is 7.66. The van der Waals surface area contributed by atoms with Crippen molar-refractivity contribution in [3.63, 3.8) is 0 Å². The maximum atomic E-state index is 12.1. The van der Waals surface area contributed by atoms with Crippen LogP contribution in [-0.4, -0.2) is 49.8 Å². The van der Waals surface area contributed by atoms with Gasteiger partial charge < -0.3 is 20.3 Å². The summed E-state index contributed by atoms with van der Waals surface area (Å²) in [5.41, 5.74) is -0.0546. The van der Waals surface area contributed by atoms with E-state index in [1.54, 1.807) is 0 Å². The molecule has 2 aromatic heterocycles. The number of nitrogens with one attached hydrogen (secondary N) is 1. The zero-order valence-electron chi connectivity index (χ0n) is 13.5. The van der Waals surface area contributed by atoms with Crippen molar-refractivity contribution in [1.29, 1.82) is 0 Å². The Morgan fingerprint density at radius 3 is 2.71 bits per heavy atom. The molecule has 0 fully saturated rings. The van der Waals surface area contributed by atoms with Crippen molar-refractivity contribution in [3.8, 4) is 11.6 Å². The van der Waals surface area contributed by atoms with Gasteiger partial charge in [-0.05, 0) is 5.92 Å². The Morgan fingerprint density at radius 2 is 2.08 bits per heavy atom. The molecule has 0 aliphatic carbocycles. The predicted molar refractivity (Wildman–Crippen MR) is 84.2 cm³/mol. The monoisotopic (exact) mass is 336 g/mol. The maximum Gasteiger partial charge on any atom is 0.322 e. The molecule has 2 rings (SSSR count). The zero-order valence-corrected chi connectivity index (χ0v) is 13.5. The highest BCUT2D eigenvalue weighted by molar-refractivity contribution is 6.03. The van der Waals surface area contributed by atoms with Crippen LogP contribution in [0, 0.1) is 5.92 Å². The van der Waals surface area contributed by atoms with Crippen LogP contribution < -0.4 is 10.1 Å². The highest BCUT2D eigenvalue weighted by Gasteiger charge is 2.21. The Bertz CT molecular complexity index is 739. The normalized spacial score (nSPS) is 11.0. The lowest BCUT2D eigenvalue weighted by Crippen LogP contribution is -2.29. The summed E-state index contributed by atoms with van der Waals surface area (Å²) >= 11 is 0. The summed E-state index contributed by atoms with van der Waals surface area (Å²) in [5.74, 6) is -1.66. The van der Waals surface area contributed by atoms with Crippen LogP contribution in [0.4, 0.5) is 0 Å². The Balaban J connectivity index is 2.31. The number of aromatic nitrogens is 3. The number of rotatable bonds is 8. The number of carbonyl (C=O) groups excluding carboxylic acids is 1. The Morgan fingerprint density at radius 1 is 1.38 bits per heavy atom. The topological polar surface area (TPSA) is 126 Å². The fourth-order valence-corrected chi connectivity index (χ4v) is 2.23. The average molecular weight is 336 g/mol. The number of ether oxygens (including phenoxy) is 1. The van der Waals surface area contributed by atoms with Gasteiger partial charge in [-0.2, -0.15) is 9.61 Å². The van der Waals surface area contributed by atoms with Crippen LogP contribution in [0.25, 0.3) is 5.65 Å². The number of amides is 1. The molecule has 24 heavy (non-hydrogen) atoms. The highest BCUT2D eigenvalue weighted by atomic mass is 16.5. The fourth-order valence-electron chi connectivity index (χ4n) is 2.23. The molecule has 0 unspecified atom stereocenters. The van der Waals surface area contributed by atoms with Gasteiger partial charge in [0.25, 0.3) is 5.91 Å². The summed E-state index contributed by atoms with van der Waals surface area (Å²) in [4.78, 5) is 26.6. The van der Waals surface area contributed by atoms with Gasteiger partial charge in [-0.1, -0.05) is 26.7 Å². The number of carboxylic acid groups (broad SMARTS) is 1. The zero-order chi connectivity index (χ0) is 17.7. The van der Waals surface area contributed by atoms with Crippen LogP contribution in [0.15, 0.2) is 12.4 Å². The lowest BCUT2D eigenvalue weighted by atomic mass is 10.1. The number of aromatic hydroxyl groups is 1. The minimum atomic E-state index is -1.19. The quantitative estimate of drug-likeness (QED) is 0.658. The maximum absolute atomic E-state index is 12.1. The average Bonchev–Trinajstić information content (AvgIpc) is 3.02. The first-order chi connectivity index (χ1) is 11.5. The van der Waals surface area contributed by atoms with Gasteiger partial charge in [0.05, 0.1) is 6.61 Å². The molecular formula is C15H20N4O5. The van der Waals surface area contributed by atoms with E-state index < -0.39 is 18.4 Å². The molecule has 0 bridgehead atoms. The van der Waals surface area contributed by atoms with Gasteiger partial charge in [0.2, 0.25) is 5.88 Å². The second kappa shape index (κ2) is 7.62. The van der Waals surface area contributed by atoms with Gasteiger partial charge in [-0.25, -0.2) is 4.98 Å². The molecule has 9 heteroatoms. The van der Waals surface area contributed by atoms with E-state index in [1.165, 1.54) is 16.9 Å². The number of pyridine rings is 1. The first kappa shape index (κ1) is 17.5. The van der Waals surface area contributed by atoms with Crippen molar-refractivity contribution in [2.75, 3.05) is 13.2 Å². The van der Waals surface area contributed by atoms with Gasteiger partial charge >= 0.3 is 5.97 Å². The molecule has 0 aliphatic rings. The summed E-state index contributed by atoms with van der Waals surface area (Å²) in [6, 6.07) is 1.28. The number of hydrogen-bond donors (Lipinski definition) is 3. The second-order valence-electron chi connectivity index (χ2n) is 5.31. The fraction of sp³-hybridized carbons (Fsp3) is 0.467. The number of aliphatic carboxylic acids is 1. The molecule has 3 N–H and O–H groups in total. The van der Waals surface area contributed by atoms with Crippen molar-refractivity contribution < 1.29 is 24.5 Å². The van der Waals surface area contributed by atoms with E-state index in [4.69, 9.17) is 9.84 Å². The Hall–Kier alpha value is -2.84. The SMILES string of the molecule is CCC(CC)COc1cc(O)c(C(=O)NCC(=O)O)c2ncnn12. The third kappa shape index (κ3) is 3.73. The molecule has 0 atom stereocenters. The van der Waals surface area contributed by atoms with E-state index in [-0.39, 0.29) is 22.8 Å². The molecule has 1 amide bonds. The molecule has 9 nitrogen and oxygen atoms in total. The van der Waals surface area contributed by atoms with E-state index in [9.17, 15) is 14.7 Å². The molecule has 2 aromatic rings. The number of carbonyl (C=O) groups is 2. The number of carboxylic acids is 1. The molecule has 130 valence electrons. The molecule has 0 aromatic carbocycles. The van der Waals surface area contributed by atoms with E-state index in [0.29, 0.717) is 12.5 Å². The standard InChI is InChI=1S/C15H20N4O5/c1-3-9(4-2)7-24-11-5-10(20)13(14-17-8-18-19(11)14)15(23)16-6-12(21)22/h5,8-9,20H,3-4,6-7H2,1-2H3,(H,16,23)(H,21,22). The van der Waals surface area contributed by atoms with Crippen molar-refractivity contribution in [2.24, 2.45) is 5.92 Å². The second-order valence-corrected chi connectivity index (χ2v) is 5.31. The molecule has 0 saturated carbocycles. The summed E-state index contributed by atoms with van der Waals surface area (Å²) in [6.07, 6.45) is 3.14. The predicted octanol–water partition coefficient (Wildman–Crippen LogP) is 1.06. The van der Waals surface area contributed by atoms with Gasteiger partial charge in [-0.15, -0.1) is 0 Å². The van der Waals surface area contributed by atoms with Crippen molar-refractivity contribution >= 4 is 17.5 Å². The number of fused-ring (bicyclic) bond motifs is 1. The van der Waals surface area contributed by atoms with E-state index in [1.807, 2.05) is 0 Å². The van der Waals surface area contributed by atoms with Crippen LogP contribution in [0.2, 0.25) is 0 Å². The van der Waals surface area contributed by atoms with Crippen LogP contribution in [0.5, 0.6) is 11.6 Å². The Kier molecular flexibility index (Phi) is 5.56. The van der Waals surface area contributed by atoms with Gasteiger partial charge in [0, 0.05) is 6.07 Å². The molecule has 0 aliphatic heterocycles.